The van der Waals surface area contributed by atoms with Crippen molar-refractivity contribution in [2.24, 2.45) is 0 Å². The van der Waals surface area contributed by atoms with Crippen LogP contribution in [0.15, 0.2) is 6.07 Å². The molecule has 0 spiro atoms. The van der Waals surface area contributed by atoms with E-state index in [1.807, 2.05) is 0 Å². The van der Waals surface area contributed by atoms with Crippen LogP contribution in [0.4, 0.5) is 18.9 Å². The molecule has 0 atom stereocenters. The molecule has 0 aliphatic heterocycles. The summed E-state index contributed by atoms with van der Waals surface area (Å²) in [6.07, 6.45) is -2.79. The number of alkyl halides is 2. The quantitative estimate of drug-likeness (QED) is 0.568. The lowest BCUT2D eigenvalue weighted by molar-refractivity contribution is 0.112. The van der Waals surface area contributed by atoms with Crippen LogP contribution in [0.25, 0.3) is 0 Å². The third kappa shape index (κ3) is 1.77. The van der Waals surface area contributed by atoms with Gasteiger partial charge in [0.15, 0.2) is 6.29 Å². The van der Waals surface area contributed by atoms with Crippen LogP contribution in [0.1, 0.15) is 22.5 Å². The number of anilines is 1. The third-order valence-electron chi connectivity index (χ3n) is 1.42. The van der Waals surface area contributed by atoms with E-state index >= 15 is 0 Å². The van der Waals surface area contributed by atoms with E-state index in [1.54, 1.807) is 0 Å². The largest absolute Gasteiger partial charge is 0.396 e. The SMILES string of the molecule is Nc1c(C=O)cc(F)nc1C(F)F. The molecule has 0 saturated carbocycles. The molecule has 0 saturated heterocycles. The molecule has 0 bridgehead atoms. The van der Waals surface area contributed by atoms with Crippen molar-refractivity contribution in [1.82, 2.24) is 4.98 Å². The van der Waals surface area contributed by atoms with Crippen molar-refractivity contribution in [2.75, 3.05) is 5.73 Å². The summed E-state index contributed by atoms with van der Waals surface area (Å²) in [5.41, 5.74) is 3.43. The minimum atomic E-state index is -2.99. The van der Waals surface area contributed by atoms with E-state index in [-0.39, 0.29) is 11.8 Å². The normalized spacial score (nSPS) is 10.5. The number of pyridine rings is 1. The first kappa shape index (κ1) is 9.50. The van der Waals surface area contributed by atoms with Crippen LogP contribution in [0.5, 0.6) is 0 Å². The minimum absolute atomic E-state index is 0.200. The number of aldehydes is 1. The van der Waals surface area contributed by atoms with Crippen molar-refractivity contribution in [1.29, 1.82) is 0 Å². The van der Waals surface area contributed by atoms with Gasteiger partial charge in [0.1, 0.15) is 5.69 Å². The van der Waals surface area contributed by atoms with Gasteiger partial charge >= 0.3 is 0 Å². The molecular weight excluding hydrogens is 185 g/mol. The summed E-state index contributed by atoms with van der Waals surface area (Å²) in [5, 5.41) is 0. The molecule has 6 heteroatoms. The number of hydrogen-bond donors (Lipinski definition) is 1. The summed E-state index contributed by atoms with van der Waals surface area (Å²) in [4.78, 5) is 13.1. The first-order chi connectivity index (χ1) is 6.06. The molecule has 3 nitrogen and oxygen atoms in total. The molecule has 0 unspecified atom stereocenters. The molecule has 0 aliphatic rings. The maximum Gasteiger partial charge on any atom is 0.282 e. The highest BCUT2D eigenvalue weighted by Gasteiger charge is 2.17. The molecule has 0 amide bonds. The Morgan fingerprint density at radius 1 is 1.54 bits per heavy atom. The summed E-state index contributed by atoms with van der Waals surface area (Å²) in [6, 6.07) is 0.703. The van der Waals surface area contributed by atoms with Crippen LogP contribution in [0.3, 0.4) is 0 Å². The lowest BCUT2D eigenvalue weighted by atomic mass is 10.2. The minimum Gasteiger partial charge on any atom is -0.396 e. The Hall–Kier alpha value is -1.59. The second-order valence-electron chi connectivity index (χ2n) is 2.25. The Bertz CT molecular complexity index is 341. The second-order valence-corrected chi connectivity index (χ2v) is 2.25. The number of carbonyl (C=O) groups is 1. The Labute approximate surface area is 71.4 Å². The molecule has 0 aliphatic carbocycles. The number of nitrogen functional groups attached to an aromatic ring is 1. The second kappa shape index (κ2) is 3.42. The number of rotatable bonds is 2. The van der Waals surface area contributed by atoms with Crippen molar-refractivity contribution >= 4 is 12.0 Å². The van der Waals surface area contributed by atoms with E-state index < -0.39 is 23.8 Å². The van der Waals surface area contributed by atoms with E-state index in [0.29, 0.717) is 6.07 Å². The first-order valence-electron chi connectivity index (χ1n) is 3.25. The zero-order valence-electron chi connectivity index (χ0n) is 6.30. The van der Waals surface area contributed by atoms with Crippen molar-refractivity contribution in [2.45, 2.75) is 6.43 Å². The number of hydrogen-bond acceptors (Lipinski definition) is 3. The highest BCUT2D eigenvalue weighted by Crippen LogP contribution is 2.25. The lowest BCUT2D eigenvalue weighted by Crippen LogP contribution is -2.04. The van der Waals surface area contributed by atoms with E-state index in [9.17, 15) is 18.0 Å². The van der Waals surface area contributed by atoms with Gasteiger partial charge in [-0.3, -0.25) is 4.79 Å². The Balaban J connectivity index is 3.35. The molecule has 70 valence electrons. The van der Waals surface area contributed by atoms with Crippen LogP contribution in [0.2, 0.25) is 0 Å². The predicted molar refractivity (Wildman–Crippen MR) is 39.0 cm³/mol. The molecule has 0 aromatic carbocycles. The zero-order valence-corrected chi connectivity index (χ0v) is 6.30. The summed E-state index contributed by atoms with van der Waals surface area (Å²) >= 11 is 0. The average molecular weight is 190 g/mol. The van der Waals surface area contributed by atoms with Gasteiger partial charge in [-0.2, -0.15) is 4.39 Å². The molecule has 1 rings (SSSR count). The molecule has 1 aromatic heterocycles. The van der Waals surface area contributed by atoms with E-state index in [4.69, 9.17) is 5.73 Å². The molecule has 1 heterocycles. The first-order valence-corrected chi connectivity index (χ1v) is 3.25. The van der Waals surface area contributed by atoms with Gasteiger partial charge in [-0.05, 0) is 0 Å². The number of aromatic nitrogens is 1. The van der Waals surface area contributed by atoms with Gasteiger partial charge in [-0.15, -0.1) is 0 Å². The highest BCUT2D eigenvalue weighted by atomic mass is 19.3. The van der Waals surface area contributed by atoms with Gasteiger partial charge in [0.25, 0.3) is 6.43 Å². The number of nitrogens with zero attached hydrogens (tertiary/aromatic N) is 1. The van der Waals surface area contributed by atoms with Crippen LogP contribution in [-0.2, 0) is 0 Å². The molecule has 13 heavy (non-hydrogen) atoms. The molecular formula is C7H5F3N2O. The maximum atomic E-state index is 12.5. The van der Waals surface area contributed by atoms with E-state index in [0.717, 1.165) is 0 Å². The number of halogens is 3. The topological polar surface area (TPSA) is 56.0 Å². The van der Waals surface area contributed by atoms with Gasteiger partial charge in [-0.25, -0.2) is 13.8 Å². The van der Waals surface area contributed by atoms with Gasteiger partial charge in [-0.1, -0.05) is 0 Å². The summed E-state index contributed by atoms with van der Waals surface area (Å²) in [7, 11) is 0. The zero-order chi connectivity index (χ0) is 10.0. The summed E-state index contributed by atoms with van der Waals surface area (Å²) in [5.74, 6) is -1.15. The van der Waals surface area contributed by atoms with Gasteiger partial charge in [0, 0.05) is 11.6 Å². The van der Waals surface area contributed by atoms with Gasteiger partial charge in [0.2, 0.25) is 5.95 Å². The lowest BCUT2D eigenvalue weighted by Gasteiger charge is -2.05. The third-order valence-corrected chi connectivity index (χ3v) is 1.42. The smallest absolute Gasteiger partial charge is 0.282 e. The monoisotopic (exact) mass is 190 g/mol. The van der Waals surface area contributed by atoms with Crippen LogP contribution >= 0.6 is 0 Å². The Kier molecular flexibility index (Phi) is 2.50. The van der Waals surface area contributed by atoms with Crippen molar-refractivity contribution in [3.05, 3.63) is 23.3 Å². The fourth-order valence-electron chi connectivity index (χ4n) is 0.825. The Morgan fingerprint density at radius 2 is 2.15 bits per heavy atom. The van der Waals surface area contributed by atoms with Crippen LogP contribution in [0, 0.1) is 5.95 Å². The molecule has 0 fully saturated rings. The molecule has 0 radical (unpaired) electrons. The van der Waals surface area contributed by atoms with Crippen LogP contribution in [-0.4, -0.2) is 11.3 Å². The Morgan fingerprint density at radius 3 is 2.62 bits per heavy atom. The molecule has 2 N–H and O–H groups in total. The standard InChI is InChI=1S/C7H5F3N2O/c8-4-1-3(2-13)5(11)6(12-4)7(9)10/h1-2,7H,11H2. The van der Waals surface area contributed by atoms with Crippen molar-refractivity contribution in [3.63, 3.8) is 0 Å². The summed E-state index contributed by atoms with van der Waals surface area (Å²) < 4.78 is 36.7. The van der Waals surface area contributed by atoms with Crippen molar-refractivity contribution < 1.29 is 18.0 Å². The predicted octanol–water partition coefficient (Wildman–Crippen LogP) is 1.55. The van der Waals surface area contributed by atoms with Gasteiger partial charge in [0.05, 0.1) is 5.69 Å². The average Bonchev–Trinajstić information content (AvgIpc) is 2.08. The fourth-order valence-corrected chi connectivity index (χ4v) is 0.825. The summed E-state index contributed by atoms with van der Waals surface area (Å²) in [6.45, 7) is 0. The van der Waals surface area contributed by atoms with E-state index in [1.165, 1.54) is 0 Å². The van der Waals surface area contributed by atoms with Crippen LogP contribution < -0.4 is 5.73 Å². The maximum absolute atomic E-state index is 12.5. The van der Waals surface area contributed by atoms with Crippen molar-refractivity contribution in [3.8, 4) is 0 Å². The highest BCUT2D eigenvalue weighted by molar-refractivity contribution is 5.83. The number of nitrogens with two attached hydrogens (primary N) is 1. The molecule has 1 aromatic rings. The van der Waals surface area contributed by atoms with E-state index in [2.05, 4.69) is 4.98 Å². The number of carbonyl (C=O) groups excluding carboxylic acids is 1. The van der Waals surface area contributed by atoms with Gasteiger partial charge < -0.3 is 5.73 Å². The fraction of sp³-hybridized carbons (Fsp3) is 0.143.